The highest BCUT2D eigenvalue weighted by molar-refractivity contribution is 7.89. The lowest BCUT2D eigenvalue weighted by atomic mass is 10.2. The van der Waals surface area contributed by atoms with E-state index in [1.807, 2.05) is 0 Å². The fourth-order valence-corrected chi connectivity index (χ4v) is 3.01. The van der Waals surface area contributed by atoms with E-state index in [1.165, 1.54) is 18.3 Å². The number of pyridine rings is 2. The fraction of sp³-hybridized carbons (Fsp3) is 0.167. The zero-order valence-electron chi connectivity index (χ0n) is 10.1. The molecule has 1 N–H and O–H groups in total. The second-order valence-corrected chi connectivity index (χ2v) is 6.01. The number of halogens is 1. The first-order chi connectivity index (χ1) is 8.99. The maximum atomic E-state index is 12.1. The Kier molecular flexibility index (Phi) is 4.14. The van der Waals surface area contributed by atoms with Crippen LogP contribution >= 0.6 is 11.6 Å². The van der Waals surface area contributed by atoms with Crippen LogP contribution in [0.1, 0.15) is 18.7 Å². The zero-order chi connectivity index (χ0) is 13.9. The van der Waals surface area contributed by atoms with Gasteiger partial charge in [-0.1, -0.05) is 17.7 Å². The Morgan fingerprint density at radius 1 is 1.21 bits per heavy atom. The third-order valence-electron chi connectivity index (χ3n) is 2.47. The Labute approximate surface area is 116 Å². The van der Waals surface area contributed by atoms with Crippen molar-refractivity contribution in [3.05, 3.63) is 53.6 Å². The van der Waals surface area contributed by atoms with Gasteiger partial charge in [-0.2, -0.15) is 0 Å². The third-order valence-corrected chi connectivity index (χ3v) is 4.22. The minimum Gasteiger partial charge on any atom is -0.260 e. The summed E-state index contributed by atoms with van der Waals surface area (Å²) in [6, 6.07) is 7.59. The maximum Gasteiger partial charge on any atom is 0.241 e. The van der Waals surface area contributed by atoms with E-state index in [0.29, 0.717) is 5.69 Å². The summed E-state index contributed by atoms with van der Waals surface area (Å²) in [5, 5.41) is 0.133. The molecule has 2 aromatic rings. The number of aromatic nitrogens is 2. The van der Waals surface area contributed by atoms with Crippen molar-refractivity contribution in [2.24, 2.45) is 0 Å². The monoisotopic (exact) mass is 297 g/mol. The topological polar surface area (TPSA) is 72.0 Å². The lowest BCUT2D eigenvalue weighted by Crippen LogP contribution is -2.27. The standard InChI is InChI=1S/C12H12ClN3O2S/c1-9(11-4-2-3-6-14-11)16-19(17,18)10-5-7-15-12(13)8-10/h2-9,16H,1H3. The molecule has 2 rings (SSSR count). The molecule has 100 valence electrons. The van der Waals surface area contributed by atoms with Crippen molar-refractivity contribution in [1.29, 1.82) is 0 Å². The summed E-state index contributed by atoms with van der Waals surface area (Å²) in [5.41, 5.74) is 0.645. The number of nitrogens with one attached hydrogen (secondary N) is 1. The highest BCUT2D eigenvalue weighted by atomic mass is 35.5. The molecule has 2 aromatic heterocycles. The smallest absolute Gasteiger partial charge is 0.241 e. The molecule has 0 saturated carbocycles. The number of hydrogen-bond donors (Lipinski definition) is 1. The van der Waals surface area contributed by atoms with E-state index in [4.69, 9.17) is 11.6 Å². The summed E-state index contributed by atoms with van der Waals surface area (Å²) >= 11 is 5.69. The predicted octanol–water partition coefficient (Wildman–Crippen LogP) is 2.17. The molecule has 0 aromatic carbocycles. The second-order valence-electron chi connectivity index (χ2n) is 3.91. The van der Waals surface area contributed by atoms with Gasteiger partial charge in [0.25, 0.3) is 0 Å². The molecule has 0 fully saturated rings. The van der Waals surface area contributed by atoms with Crippen molar-refractivity contribution in [1.82, 2.24) is 14.7 Å². The van der Waals surface area contributed by atoms with Crippen LogP contribution in [-0.4, -0.2) is 18.4 Å². The SMILES string of the molecule is CC(NS(=O)(=O)c1ccnc(Cl)c1)c1ccccn1. The molecule has 7 heteroatoms. The van der Waals surface area contributed by atoms with Gasteiger partial charge in [0.15, 0.2) is 0 Å². The van der Waals surface area contributed by atoms with Crippen LogP contribution in [0, 0.1) is 0 Å². The highest BCUT2D eigenvalue weighted by Crippen LogP contribution is 2.16. The molecule has 0 spiro atoms. The van der Waals surface area contributed by atoms with Crippen molar-refractivity contribution < 1.29 is 8.42 Å². The van der Waals surface area contributed by atoms with Crippen LogP contribution in [0.25, 0.3) is 0 Å². The van der Waals surface area contributed by atoms with Gasteiger partial charge >= 0.3 is 0 Å². The van der Waals surface area contributed by atoms with E-state index < -0.39 is 16.1 Å². The number of rotatable bonds is 4. The first-order valence-electron chi connectivity index (χ1n) is 5.54. The Balaban J connectivity index is 2.23. The molecule has 0 amide bonds. The molecule has 0 aliphatic rings. The molecule has 2 heterocycles. The van der Waals surface area contributed by atoms with Gasteiger partial charge < -0.3 is 0 Å². The van der Waals surface area contributed by atoms with Crippen LogP contribution in [0.3, 0.4) is 0 Å². The molecular weight excluding hydrogens is 286 g/mol. The Bertz CT molecular complexity index is 662. The van der Waals surface area contributed by atoms with Crippen LogP contribution in [0.5, 0.6) is 0 Å². The van der Waals surface area contributed by atoms with E-state index in [2.05, 4.69) is 14.7 Å². The zero-order valence-corrected chi connectivity index (χ0v) is 11.7. The number of sulfonamides is 1. The third kappa shape index (κ3) is 3.50. The summed E-state index contributed by atoms with van der Waals surface area (Å²) in [4.78, 5) is 7.94. The Hall–Kier alpha value is -1.50. The van der Waals surface area contributed by atoms with Gasteiger partial charge in [0.1, 0.15) is 5.15 Å². The van der Waals surface area contributed by atoms with E-state index in [0.717, 1.165) is 0 Å². The van der Waals surface area contributed by atoms with Crippen molar-refractivity contribution >= 4 is 21.6 Å². The van der Waals surface area contributed by atoms with Gasteiger partial charge in [0, 0.05) is 12.4 Å². The summed E-state index contributed by atoms with van der Waals surface area (Å²) < 4.78 is 26.8. The van der Waals surface area contributed by atoms with Crippen LogP contribution in [0.15, 0.2) is 47.6 Å². The van der Waals surface area contributed by atoms with Crippen LogP contribution in [-0.2, 0) is 10.0 Å². The molecule has 0 aliphatic carbocycles. The van der Waals surface area contributed by atoms with E-state index in [-0.39, 0.29) is 10.0 Å². The van der Waals surface area contributed by atoms with E-state index >= 15 is 0 Å². The second kappa shape index (κ2) is 5.64. The Morgan fingerprint density at radius 3 is 2.63 bits per heavy atom. The summed E-state index contributed by atoms with van der Waals surface area (Å²) in [7, 11) is -3.64. The number of nitrogens with zero attached hydrogens (tertiary/aromatic N) is 2. The van der Waals surface area contributed by atoms with Gasteiger partial charge in [-0.05, 0) is 31.2 Å². The molecular formula is C12H12ClN3O2S. The summed E-state index contributed by atoms with van der Waals surface area (Å²) in [6.45, 7) is 1.72. The minimum absolute atomic E-state index is 0.0790. The van der Waals surface area contributed by atoms with E-state index in [9.17, 15) is 8.42 Å². The lowest BCUT2D eigenvalue weighted by Gasteiger charge is -2.13. The van der Waals surface area contributed by atoms with Crippen molar-refractivity contribution in [2.75, 3.05) is 0 Å². The highest BCUT2D eigenvalue weighted by Gasteiger charge is 2.19. The summed E-state index contributed by atoms with van der Waals surface area (Å²) in [5.74, 6) is 0. The van der Waals surface area contributed by atoms with Gasteiger partial charge in [-0.25, -0.2) is 18.1 Å². The predicted molar refractivity (Wildman–Crippen MR) is 72.2 cm³/mol. The Morgan fingerprint density at radius 2 is 2.00 bits per heavy atom. The van der Waals surface area contributed by atoms with E-state index in [1.54, 1.807) is 31.3 Å². The van der Waals surface area contributed by atoms with Gasteiger partial charge in [0.2, 0.25) is 10.0 Å². The molecule has 0 bridgehead atoms. The van der Waals surface area contributed by atoms with Crippen LogP contribution in [0.4, 0.5) is 0 Å². The molecule has 0 aliphatic heterocycles. The molecule has 5 nitrogen and oxygen atoms in total. The molecule has 19 heavy (non-hydrogen) atoms. The van der Waals surface area contributed by atoms with Crippen molar-refractivity contribution in [3.63, 3.8) is 0 Å². The van der Waals surface area contributed by atoms with Crippen molar-refractivity contribution in [3.8, 4) is 0 Å². The molecule has 1 unspecified atom stereocenters. The molecule has 0 radical (unpaired) electrons. The normalized spacial score (nSPS) is 13.2. The summed E-state index contributed by atoms with van der Waals surface area (Å²) in [6.07, 6.45) is 2.96. The first-order valence-corrected chi connectivity index (χ1v) is 7.40. The van der Waals surface area contributed by atoms with Crippen LogP contribution in [0.2, 0.25) is 5.15 Å². The first kappa shape index (κ1) is 13.9. The van der Waals surface area contributed by atoms with Gasteiger partial charge in [0.05, 0.1) is 16.6 Å². The maximum absolute atomic E-state index is 12.1. The quantitative estimate of drug-likeness (QED) is 0.878. The van der Waals surface area contributed by atoms with Gasteiger partial charge in [-0.15, -0.1) is 0 Å². The average Bonchev–Trinajstić information content (AvgIpc) is 2.39. The fourth-order valence-electron chi connectivity index (χ4n) is 1.55. The minimum atomic E-state index is -3.64. The molecule has 1 atom stereocenters. The largest absolute Gasteiger partial charge is 0.260 e. The van der Waals surface area contributed by atoms with Crippen molar-refractivity contribution in [2.45, 2.75) is 17.9 Å². The number of hydrogen-bond acceptors (Lipinski definition) is 4. The van der Waals surface area contributed by atoms with Crippen LogP contribution < -0.4 is 4.72 Å². The average molecular weight is 298 g/mol. The van der Waals surface area contributed by atoms with Gasteiger partial charge in [-0.3, -0.25) is 4.98 Å². The lowest BCUT2D eigenvalue weighted by molar-refractivity contribution is 0.564. The molecule has 0 saturated heterocycles.